The predicted octanol–water partition coefficient (Wildman–Crippen LogP) is 4.54. The lowest BCUT2D eigenvalue weighted by molar-refractivity contribution is -0.187. The number of allylic oxidation sites excluding steroid dienone is 3. The van der Waals surface area contributed by atoms with E-state index in [-0.39, 0.29) is 110 Å². The quantitative estimate of drug-likeness (QED) is 0.153. The zero-order valence-electron chi connectivity index (χ0n) is 43.4. The highest BCUT2D eigenvalue weighted by Crippen LogP contribution is 2.50. The van der Waals surface area contributed by atoms with Crippen LogP contribution in [0.15, 0.2) is 35.9 Å². The van der Waals surface area contributed by atoms with Crippen molar-refractivity contribution in [2.24, 2.45) is 17.8 Å². The second-order valence-corrected chi connectivity index (χ2v) is 22.6. The van der Waals surface area contributed by atoms with Crippen molar-refractivity contribution in [3.8, 4) is 5.75 Å². The number of Topliss-reactive ketones (excluding diaryl/α,β-unsaturated/α-hetero) is 1. The number of nitrogens with zero attached hydrogens (tertiary/aromatic N) is 4. The zero-order chi connectivity index (χ0) is 54.0. The summed E-state index contributed by atoms with van der Waals surface area (Å²) in [7, 11) is 5.92. The molecule has 19 nitrogen and oxygen atoms in total. The van der Waals surface area contributed by atoms with Crippen LogP contribution in [0.3, 0.4) is 0 Å². The van der Waals surface area contributed by atoms with Gasteiger partial charge in [-0.25, -0.2) is 4.79 Å². The average Bonchev–Trinajstić information content (AvgIpc) is 3.87. The first-order chi connectivity index (χ1) is 35.0. The van der Waals surface area contributed by atoms with E-state index < -0.39 is 76.6 Å². The number of carbonyl (C=O) groups is 9. The molecule has 1 saturated carbocycles. The fourth-order valence-corrected chi connectivity index (χ4v) is 12.3. The van der Waals surface area contributed by atoms with Crippen molar-refractivity contribution in [2.75, 3.05) is 52.1 Å². The number of benzene rings is 1. The Balaban J connectivity index is 0.986. The van der Waals surface area contributed by atoms with Crippen LogP contribution >= 0.6 is 23.4 Å². The van der Waals surface area contributed by atoms with Gasteiger partial charge in [-0.2, -0.15) is 0 Å². The Labute approximate surface area is 440 Å². The Bertz CT molecular complexity index is 2460. The van der Waals surface area contributed by atoms with Crippen LogP contribution < -0.4 is 9.64 Å². The van der Waals surface area contributed by atoms with Gasteiger partial charge in [-0.05, 0) is 76.5 Å². The SMILES string of the molecule is COc1cc2cc(c1Cl)N(C)C(=O)C[C@H](OC(=O)[C@H](C)N(C)C(=O)CCS[C@@H]1CC(=O)N(CC3CCC(C(=O)CN4C(=O)CCC4=O)CC3)C1=O)[C@]1(C)O[C@H]1[C@H](C)[C@@H]1C[C@@](O)(CC(=O)O1)[C@H](OC)/C=C/C=C(\C)C2. The number of halogens is 1. The number of anilines is 1. The molecular weight excluding hydrogens is 1000 g/mol. The number of epoxide rings is 1. The van der Waals surface area contributed by atoms with E-state index in [9.17, 15) is 48.3 Å². The maximum atomic E-state index is 14.4. The molecule has 9 atom stereocenters. The van der Waals surface area contributed by atoms with Crippen LogP contribution in [0.25, 0.3) is 0 Å². The summed E-state index contributed by atoms with van der Waals surface area (Å²) in [5.74, 6) is -4.15. The lowest BCUT2D eigenvalue weighted by Gasteiger charge is -2.41. The molecule has 5 aliphatic heterocycles. The molecule has 1 aromatic carbocycles. The van der Waals surface area contributed by atoms with Crippen LogP contribution in [-0.4, -0.2) is 167 Å². The second kappa shape index (κ2) is 23.4. The summed E-state index contributed by atoms with van der Waals surface area (Å²) in [4.78, 5) is 124. The number of hydrogen-bond acceptors (Lipinski definition) is 16. The normalized spacial score (nSPS) is 32.4. The summed E-state index contributed by atoms with van der Waals surface area (Å²) in [6, 6.07) is 2.41. The third-order valence-corrected chi connectivity index (χ3v) is 17.4. The van der Waals surface area contributed by atoms with E-state index >= 15 is 0 Å². The second-order valence-electron chi connectivity index (χ2n) is 20.9. The van der Waals surface area contributed by atoms with Gasteiger partial charge in [0.05, 0.1) is 43.5 Å². The highest BCUT2D eigenvalue weighted by Gasteiger charge is 2.64. The number of ether oxygens (including phenoxy) is 5. The average molecular weight is 1070 g/mol. The Morgan fingerprint density at radius 3 is 2.34 bits per heavy atom. The van der Waals surface area contributed by atoms with Gasteiger partial charge in [0, 0.05) is 77.4 Å². The minimum Gasteiger partial charge on any atom is -0.495 e. The number of rotatable bonds is 14. The smallest absolute Gasteiger partial charge is 0.328 e. The molecule has 5 fully saturated rings. The molecular formula is C53H69ClN4O15S. The molecule has 0 radical (unpaired) electrons. The Morgan fingerprint density at radius 1 is 0.986 bits per heavy atom. The van der Waals surface area contributed by atoms with Crippen molar-refractivity contribution in [1.29, 1.82) is 0 Å². The van der Waals surface area contributed by atoms with Crippen LogP contribution in [0.1, 0.15) is 104 Å². The number of ketones is 1. The molecule has 1 aliphatic carbocycles. The van der Waals surface area contributed by atoms with Crippen LogP contribution in [0.5, 0.6) is 5.75 Å². The molecule has 404 valence electrons. The van der Waals surface area contributed by atoms with E-state index in [1.165, 1.54) is 54.7 Å². The number of methoxy groups -OCH3 is 2. The fraction of sp³-hybridized carbons (Fsp3) is 0.642. The third kappa shape index (κ3) is 12.4. The molecule has 1 aromatic rings. The maximum absolute atomic E-state index is 14.4. The number of likely N-dealkylation sites (tertiary alicyclic amines) is 2. The number of imide groups is 2. The first-order valence-corrected chi connectivity index (χ1v) is 26.8. The third-order valence-electron chi connectivity index (χ3n) is 15.8. The first kappa shape index (κ1) is 56.6. The summed E-state index contributed by atoms with van der Waals surface area (Å²) >= 11 is 8.01. The minimum atomic E-state index is -1.64. The van der Waals surface area contributed by atoms with Crippen molar-refractivity contribution in [2.45, 2.75) is 152 Å². The molecule has 6 amide bonds. The molecule has 0 unspecified atom stereocenters. The number of amides is 6. The largest absolute Gasteiger partial charge is 0.495 e. The van der Waals surface area contributed by atoms with E-state index in [4.69, 9.17) is 35.3 Å². The van der Waals surface area contributed by atoms with Crippen LogP contribution in [-0.2, 0) is 68.5 Å². The summed E-state index contributed by atoms with van der Waals surface area (Å²) < 4.78 is 29.6. The summed E-state index contributed by atoms with van der Waals surface area (Å²) in [6.45, 7) is 6.91. The van der Waals surface area contributed by atoms with E-state index in [0.717, 1.165) is 16.0 Å². The van der Waals surface area contributed by atoms with Gasteiger partial charge >= 0.3 is 11.9 Å². The van der Waals surface area contributed by atoms with Gasteiger partial charge in [-0.1, -0.05) is 42.3 Å². The summed E-state index contributed by atoms with van der Waals surface area (Å²) in [5, 5.41) is 11.5. The maximum Gasteiger partial charge on any atom is 0.328 e. The van der Waals surface area contributed by atoms with E-state index in [2.05, 4.69) is 0 Å². The van der Waals surface area contributed by atoms with Crippen LogP contribution in [0, 0.1) is 17.8 Å². The van der Waals surface area contributed by atoms with Gasteiger partial charge in [0.25, 0.3) is 0 Å². The monoisotopic (exact) mass is 1070 g/mol. The van der Waals surface area contributed by atoms with Gasteiger partial charge in [-0.3, -0.25) is 48.2 Å². The molecule has 4 saturated heterocycles. The highest BCUT2D eigenvalue weighted by atomic mass is 35.5. The lowest BCUT2D eigenvalue weighted by atomic mass is 9.78. The van der Waals surface area contributed by atoms with Gasteiger partial charge < -0.3 is 38.6 Å². The standard InChI is InChI=1S/C53H69ClN4O15S/c1-29-10-9-11-40(70-8)53(68)25-38(71-47(65)26-53)30(2)49-52(4,73-49)41(24-45(63)56(6)35-21-33(20-29)22-37(69-7)48(35)54)72-51(67)31(3)55(5)42(60)18-19-74-39-23-46(64)58(50(39)66)27-32-12-14-34(15-13-32)36(59)28-57-43(61)16-17-44(57)62/h9-11,21-22,30-32,34,38-41,49,68H,12-20,23-28H2,1-8H3/b11-9+,29-10+/t30-,31+,32?,34?,38+,39-,40-,41+,49+,52+,53-/m1/s1. The number of likely N-dealkylation sites (N-methyl/N-ethyl adjacent to an activating group) is 1. The Morgan fingerprint density at radius 2 is 1.68 bits per heavy atom. The summed E-state index contributed by atoms with van der Waals surface area (Å²) in [5.41, 5.74) is -0.896. The van der Waals surface area contributed by atoms with E-state index in [1.807, 2.05) is 13.0 Å². The Kier molecular flexibility index (Phi) is 17.9. The molecule has 7 rings (SSSR count). The number of thioether (sulfide) groups is 1. The molecule has 74 heavy (non-hydrogen) atoms. The van der Waals surface area contributed by atoms with E-state index in [0.29, 0.717) is 43.5 Å². The number of aliphatic hydroxyl groups is 1. The number of hydrogen-bond donors (Lipinski definition) is 1. The molecule has 5 heterocycles. The number of fused-ring (bicyclic) bond motifs is 5. The van der Waals surface area contributed by atoms with Gasteiger partial charge in [0.1, 0.15) is 46.3 Å². The molecule has 0 aromatic heterocycles. The highest BCUT2D eigenvalue weighted by molar-refractivity contribution is 8.00. The van der Waals surface area contributed by atoms with Crippen molar-refractivity contribution >= 4 is 82.2 Å². The van der Waals surface area contributed by atoms with Gasteiger partial charge in [0.2, 0.25) is 35.4 Å². The molecule has 4 bridgehead atoms. The molecule has 0 spiro atoms. The number of carbonyl (C=O) groups excluding carboxylic acids is 9. The lowest BCUT2D eigenvalue weighted by Crippen LogP contribution is -2.53. The zero-order valence-corrected chi connectivity index (χ0v) is 45.0. The van der Waals surface area contributed by atoms with Crippen molar-refractivity contribution in [3.63, 3.8) is 0 Å². The first-order valence-electron chi connectivity index (χ1n) is 25.4. The van der Waals surface area contributed by atoms with Crippen LogP contribution in [0.2, 0.25) is 5.02 Å². The molecule has 21 heteroatoms. The van der Waals surface area contributed by atoms with Crippen LogP contribution in [0.4, 0.5) is 5.69 Å². The molecule has 1 N–H and O–H groups in total. The Hall–Kier alpha value is -5.15. The van der Waals surface area contributed by atoms with Gasteiger partial charge in [-0.15, -0.1) is 11.8 Å². The minimum absolute atomic E-state index is 0.00414. The van der Waals surface area contributed by atoms with Crippen molar-refractivity contribution < 1.29 is 71.9 Å². The predicted molar refractivity (Wildman–Crippen MR) is 271 cm³/mol. The number of esters is 2. The van der Waals surface area contributed by atoms with Crippen molar-refractivity contribution in [3.05, 3.63) is 46.5 Å². The topological polar surface area (TPSA) is 236 Å². The van der Waals surface area contributed by atoms with Crippen molar-refractivity contribution in [1.82, 2.24) is 14.7 Å². The van der Waals surface area contributed by atoms with E-state index in [1.54, 1.807) is 45.2 Å². The fourth-order valence-electron chi connectivity index (χ4n) is 10.9. The molecule has 6 aliphatic rings. The summed E-state index contributed by atoms with van der Waals surface area (Å²) in [6.07, 6.45) is 3.84. The van der Waals surface area contributed by atoms with Gasteiger partial charge in [0.15, 0.2) is 5.78 Å².